The van der Waals surface area contributed by atoms with Crippen LogP contribution >= 0.6 is 0 Å². The Labute approximate surface area is 119 Å². The van der Waals surface area contributed by atoms with Gasteiger partial charge in [0.05, 0.1) is 11.3 Å². The Morgan fingerprint density at radius 2 is 2.35 bits per heavy atom. The van der Waals surface area contributed by atoms with Crippen LogP contribution in [0.5, 0.6) is 0 Å². The number of hydrogen-bond donors (Lipinski definition) is 1. The Morgan fingerprint density at radius 3 is 3.00 bits per heavy atom. The highest BCUT2D eigenvalue weighted by Gasteiger charge is 2.18. The fraction of sp³-hybridized carbons (Fsp3) is 0.312. The molecule has 1 N–H and O–H groups in total. The van der Waals surface area contributed by atoms with Gasteiger partial charge in [0.1, 0.15) is 0 Å². The summed E-state index contributed by atoms with van der Waals surface area (Å²) in [5, 5.41) is 4.25. The number of hydrogen-bond acceptors (Lipinski definition) is 3. The molecule has 0 aromatic carbocycles. The standard InChI is InChI=1S/C16H19N3O/c1-11(2)13-7-6-12(3)15(9-13)18-19-16(20)14-5-4-8-17-10-14/h4-6,8,10,13H,1,7,9H2,2-3H3,(H,19,20)/b18-15+/t13-/m1/s1. The number of carbonyl (C=O) groups is 1. The molecular formula is C16H19N3O. The van der Waals surface area contributed by atoms with Crippen molar-refractivity contribution in [1.29, 1.82) is 0 Å². The first-order chi connectivity index (χ1) is 9.58. The van der Waals surface area contributed by atoms with E-state index < -0.39 is 0 Å². The van der Waals surface area contributed by atoms with Crippen LogP contribution in [0.2, 0.25) is 0 Å². The van der Waals surface area contributed by atoms with Gasteiger partial charge in [0.15, 0.2) is 0 Å². The number of pyridine rings is 1. The van der Waals surface area contributed by atoms with Gasteiger partial charge in [-0.25, -0.2) is 5.43 Å². The lowest BCUT2D eigenvalue weighted by Gasteiger charge is -2.22. The van der Waals surface area contributed by atoms with E-state index in [1.807, 2.05) is 13.8 Å². The molecule has 0 saturated carbocycles. The van der Waals surface area contributed by atoms with E-state index in [4.69, 9.17) is 0 Å². The molecule has 0 spiro atoms. The zero-order chi connectivity index (χ0) is 14.5. The lowest BCUT2D eigenvalue weighted by molar-refractivity contribution is 0.0954. The summed E-state index contributed by atoms with van der Waals surface area (Å²) in [6.45, 7) is 8.05. The molecule has 4 heteroatoms. The molecule has 0 radical (unpaired) electrons. The molecule has 1 aromatic heterocycles. The second kappa shape index (κ2) is 6.28. The summed E-state index contributed by atoms with van der Waals surface area (Å²) in [5.41, 5.74) is 6.29. The van der Waals surface area contributed by atoms with Crippen LogP contribution in [-0.2, 0) is 0 Å². The molecule has 1 aliphatic rings. The van der Waals surface area contributed by atoms with Crippen LogP contribution in [0.15, 0.2) is 53.4 Å². The lowest BCUT2D eigenvalue weighted by atomic mass is 9.85. The summed E-state index contributed by atoms with van der Waals surface area (Å²) >= 11 is 0. The molecule has 20 heavy (non-hydrogen) atoms. The Kier molecular flexibility index (Phi) is 4.45. The van der Waals surface area contributed by atoms with Crippen LogP contribution in [0.3, 0.4) is 0 Å². The monoisotopic (exact) mass is 269 g/mol. The van der Waals surface area contributed by atoms with Gasteiger partial charge >= 0.3 is 0 Å². The maximum absolute atomic E-state index is 11.9. The fourth-order valence-corrected chi connectivity index (χ4v) is 2.10. The average molecular weight is 269 g/mol. The van der Waals surface area contributed by atoms with E-state index in [9.17, 15) is 4.79 Å². The number of carbonyl (C=O) groups excluding carboxylic acids is 1. The maximum Gasteiger partial charge on any atom is 0.272 e. The van der Waals surface area contributed by atoms with Crippen LogP contribution in [0.4, 0.5) is 0 Å². The number of aromatic nitrogens is 1. The van der Waals surface area contributed by atoms with Gasteiger partial charge in [-0.05, 0) is 50.3 Å². The van der Waals surface area contributed by atoms with Crippen LogP contribution in [0.25, 0.3) is 0 Å². The lowest BCUT2D eigenvalue weighted by Crippen LogP contribution is -2.23. The quantitative estimate of drug-likeness (QED) is 0.677. The number of hydrazone groups is 1. The summed E-state index contributed by atoms with van der Waals surface area (Å²) in [7, 11) is 0. The Balaban J connectivity index is 2.07. The maximum atomic E-state index is 11.9. The molecule has 0 fully saturated rings. The third kappa shape index (κ3) is 3.41. The molecule has 1 atom stereocenters. The number of amides is 1. The molecule has 0 aliphatic heterocycles. The van der Waals surface area contributed by atoms with Crippen LogP contribution in [0, 0.1) is 5.92 Å². The molecule has 0 unspecified atom stereocenters. The van der Waals surface area contributed by atoms with Crippen molar-refractivity contribution in [2.24, 2.45) is 11.0 Å². The van der Waals surface area contributed by atoms with Crippen LogP contribution < -0.4 is 5.43 Å². The van der Waals surface area contributed by atoms with E-state index in [0.717, 1.165) is 29.7 Å². The average Bonchev–Trinajstić information content (AvgIpc) is 2.46. The Hall–Kier alpha value is -2.23. The molecule has 2 rings (SSSR count). The molecule has 0 bridgehead atoms. The van der Waals surface area contributed by atoms with E-state index in [1.54, 1.807) is 18.3 Å². The van der Waals surface area contributed by atoms with E-state index in [1.165, 1.54) is 6.20 Å². The molecule has 0 saturated heterocycles. The minimum atomic E-state index is -0.240. The second-order valence-electron chi connectivity index (χ2n) is 5.11. The predicted octanol–water partition coefficient (Wildman–Crippen LogP) is 3.10. The van der Waals surface area contributed by atoms with E-state index in [-0.39, 0.29) is 5.91 Å². The number of allylic oxidation sites excluding steroid dienone is 3. The summed E-state index contributed by atoms with van der Waals surface area (Å²) in [5.74, 6) is 0.170. The van der Waals surface area contributed by atoms with Gasteiger partial charge in [0.2, 0.25) is 0 Å². The summed E-state index contributed by atoms with van der Waals surface area (Å²) in [6, 6.07) is 3.44. The van der Waals surface area contributed by atoms with Gasteiger partial charge in [0.25, 0.3) is 5.91 Å². The number of nitrogens with zero attached hydrogens (tertiary/aromatic N) is 2. The van der Waals surface area contributed by atoms with Crippen molar-refractivity contribution in [1.82, 2.24) is 10.4 Å². The molecule has 104 valence electrons. The van der Waals surface area contributed by atoms with Gasteiger partial charge in [-0.2, -0.15) is 5.10 Å². The topological polar surface area (TPSA) is 54.4 Å². The molecule has 1 aromatic rings. The van der Waals surface area contributed by atoms with E-state index in [0.29, 0.717) is 11.5 Å². The number of rotatable bonds is 3. The van der Waals surface area contributed by atoms with Crippen molar-refractivity contribution in [3.05, 3.63) is 53.9 Å². The first-order valence-corrected chi connectivity index (χ1v) is 6.67. The van der Waals surface area contributed by atoms with Gasteiger partial charge in [-0.15, -0.1) is 0 Å². The molecular weight excluding hydrogens is 250 g/mol. The predicted molar refractivity (Wildman–Crippen MR) is 80.4 cm³/mol. The number of nitrogens with one attached hydrogen (secondary N) is 1. The SMILES string of the molecule is C=C(C)[C@@H]1CC=C(C)/C(=N/NC(=O)c2cccnc2)C1. The summed E-state index contributed by atoms with van der Waals surface area (Å²) in [6.07, 6.45) is 7.13. The van der Waals surface area contributed by atoms with Crippen molar-refractivity contribution in [3.8, 4) is 0 Å². The first kappa shape index (κ1) is 14.2. The summed E-state index contributed by atoms with van der Waals surface area (Å²) in [4.78, 5) is 15.8. The smallest absolute Gasteiger partial charge is 0.267 e. The molecule has 1 heterocycles. The van der Waals surface area contributed by atoms with Gasteiger partial charge < -0.3 is 0 Å². The first-order valence-electron chi connectivity index (χ1n) is 6.67. The largest absolute Gasteiger partial charge is 0.272 e. The van der Waals surface area contributed by atoms with Crippen LogP contribution in [0.1, 0.15) is 37.0 Å². The Morgan fingerprint density at radius 1 is 1.55 bits per heavy atom. The van der Waals surface area contributed by atoms with E-state index in [2.05, 4.69) is 28.2 Å². The fourth-order valence-electron chi connectivity index (χ4n) is 2.10. The van der Waals surface area contributed by atoms with Crippen molar-refractivity contribution in [2.45, 2.75) is 26.7 Å². The minimum absolute atomic E-state index is 0.240. The molecule has 1 aliphatic carbocycles. The van der Waals surface area contributed by atoms with Gasteiger partial charge in [-0.3, -0.25) is 9.78 Å². The zero-order valence-electron chi connectivity index (χ0n) is 11.9. The highest BCUT2D eigenvalue weighted by atomic mass is 16.2. The highest BCUT2D eigenvalue weighted by Crippen LogP contribution is 2.26. The third-order valence-electron chi connectivity index (χ3n) is 3.52. The molecule has 4 nitrogen and oxygen atoms in total. The normalized spacial score (nSPS) is 20.4. The second-order valence-corrected chi connectivity index (χ2v) is 5.11. The van der Waals surface area contributed by atoms with Gasteiger partial charge in [0, 0.05) is 12.4 Å². The highest BCUT2D eigenvalue weighted by molar-refractivity contribution is 6.02. The summed E-state index contributed by atoms with van der Waals surface area (Å²) < 4.78 is 0. The van der Waals surface area contributed by atoms with E-state index >= 15 is 0 Å². The molecule has 1 amide bonds. The van der Waals surface area contributed by atoms with Gasteiger partial charge in [-0.1, -0.05) is 18.2 Å². The van der Waals surface area contributed by atoms with Crippen molar-refractivity contribution in [3.63, 3.8) is 0 Å². The minimum Gasteiger partial charge on any atom is -0.267 e. The van der Waals surface area contributed by atoms with Crippen LogP contribution in [-0.4, -0.2) is 16.6 Å². The van der Waals surface area contributed by atoms with Crippen molar-refractivity contribution in [2.75, 3.05) is 0 Å². The van der Waals surface area contributed by atoms with Crippen molar-refractivity contribution >= 4 is 11.6 Å². The zero-order valence-corrected chi connectivity index (χ0v) is 11.9. The van der Waals surface area contributed by atoms with Crippen molar-refractivity contribution < 1.29 is 4.79 Å². The third-order valence-corrected chi connectivity index (χ3v) is 3.52. The Bertz CT molecular complexity index is 573.